The van der Waals surface area contributed by atoms with Crippen LogP contribution in [0.5, 0.6) is 0 Å². The smallest absolute Gasteiger partial charge is 0.311 e. The summed E-state index contributed by atoms with van der Waals surface area (Å²) in [7, 11) is 0. The molecule has 2 N–H and O–H groups in total. The molecule has 0 aliphatic carbocycles. The molecule has 1 heterocycles. The number of esters is 1. The van der Waals surface area contributed by atoms with Gasteiger partial charge in [0.1, 0.15) is 0 Å². The number of amides is 3. The fourth-order valence-corrected chi connectivity index (χ4v) is 3.16. The Morgan fingerprint density at radius 3 is 2.47 bits per heavy atom. The minimum absolute atomic E-state index is 0.0925. The van der Waals surface area contributed by atoms with Gasteiger partial charge in [-0.25, -0.2) is 0 Å². The van der Waals surface area contributed by atoms with Crippen molar-refractivity contribution in [1.82, 2.24) is 10.4 Å². The monoisotopic (exact) mass is 468 g/mol. The van der Waals surface area contributed by atoms with E-state index in [1.54, 1.807) is 18.2 Å². The van der Waals surface area contributed by atoms with Crippen LogP contribution in [-0.4, -0.2) is 52.6 Å². The number of nitro benzene ring substituents is 1. The first-order chi connectivity index (χ1) is 16.1. The number of ether oxygens (including phenoxy) is 1. The summed E-state index contributed by atoms with van der Waals surface area (Å²) < 4.78 is 4.99. The predicted molar refractivity (Wildman–Crippen MR) is 116 cm³/mol. The van der Waals surface area contributed by atoms with Crippen LogP contribution in [0, 0.1) is 16.0 Å². The summed E-state index contributed by atoms with van der Waals surface area (Å²) in [6, 6.07) is 11.1. The van der Waals surface area contributed by atoms with E-state index in [-0.39, 0.29) is 30.0 Å². The zero-order valence-corrected chi connectivity index (χ0v) is 18.0. The second-order valence-corrected chi connectivity index (χ2v) is 7.44. The highest BCUT2D eigenvalue weighted by Crippen LogP contribution is 2.19. The lowest BCUT2D eigenvalue weighted by Gasteiger charge is -2.17. The first-order valence-electron chi connectivity index (χ1n) is 10.1. The van der Waals surface area contributed by atoms with Gasteiger partial charge in [0.05, 0.1) is 17.4 Å². The fraction of sp³-hybridized carbons (Fsp3) is 0.227. The molecule has 1 aliphatic heterocycles. The van der Waals surface area contributed by atoms with Gasteiger partial charge in [0.2, 0.25) is 5.91 Å². The Morgan fingerprint density at radius 2 is 1.82 bits per heavy atom. The molecule has 0 unspecified atom stereocenters. The van der Waals surface area contributed by atoms with E-state index in [1.807, 2.05) is 0 Å². The summed E-state index contributed by atoms with van der Waals surface area (Å²) in [5.74, 6) is -3.67. The van der Waals surface area contributed by atoms with E-state index < -0.39 is 41.1 Å². The SMILES string of the molecule is CC(=O)c1cccc(NC(=O)COC(=O)[C@H]2CC(=O)N(NC(=O)c3ccc([N+](=O)[O-])cc3)C2)c1. The number of ketones is 1. The molecule has 1 atom stereocenters. The van der Waals surface area contributed by atoms with Gasteiger partial charge in [0.15, 0.2) is 12.4 Å². The molecule has 2 aromatic carbocycles. The number of benzene rings is 2. The molecule has 12 heteroatoms. The second-order valence-electron chi connectivity index (χ2n) is 7.44. The van der Waals surface area contributed by atoms with E-state index >= 15 is 0 Å². The number of hydrogen-bond donors (Lipinski definition) is 2. The molecule has 0 spiro atoms. The topological polar surface area (TPSA) is 165 Å². The largest absolute Gasteiger partial charge is 0.455 e. The maximum absolute atomic E-state index is 12.3. The van der Waals surface area contributed by atoms with Gasteiger partial charge in [-0.05, 0) is 31.2 Å². The molecular weight excluding hydrogens is 448 g/mol. The lowest BCUT2D eigenvalue weighted by Crippen LogP contribution is -2.43. The van der Waals surface area contributed by atoms with Crippen molar-refractivity contribution < 1.29 is 33.6 Å². The Bertz CT molecular complexity index is 1160. The van der Waals surface area contributed by atoms with Gasteiger partial charge in [0, 0.05) is 35.4 Å². The van der Waals surface area contributed by atoms with Crippen LogP contribution in [0.3, 0.4) is 0 Å². The zero-order valence-electron chi connectivity index (χ0n) is 18.0. The molecule has 1 aliphatic rings. The van der Waals surface area contributed by atoms with Crippen molar-refractivity contribution in [2.45, 2.75) is 13.3 Å². The number of non-ortho nitro benzene ring substituents is 1. The van der Waals surface area contributed by atoms with Crippen LogP contribution < -0.4 is 10.7 Å². The van der Waals surface area contributed by atoms with E-state index in [0.29, 0.717) is 11.3 Å². The molecule has 3 rings (SSSR count). The summed E-state index contributed by atoms with van der Waals surface area (Å²) >= 11 is 0. The predicted octanol–water partition coefficient (Wildman–Crippen LogP) is 1.47. The summed E-state index contributed by atoms with van der Waals surface area (Å²) in [5, 5.41) is 14.2. The van der Waals surface area contributed by atoms with E-state index in [4.69, 9.17) is 4.74 Å². The number of carbonyl (C=O) groups excluding carboxylic acids is 5. The highest BCUT2D eigenvalue weighted by molar-refractivity contribution is 5.98. The number of anilines is 1. The lowest BCUT2D eigenvalue weighted by atomic mass is 10.1. The lowest BCUT2D eigenvalue weighted by molar-refractivity contribution is -0.384. The third-order valence-electron chi connectivity index (χ3n) is 4.93. The van der Waals surface area contributed by atoms with Crippen LogP contribution in [0.15, 0.2) is 48.5 Å². The molecule has 0 bridgehead atoms. The first-order valence-corrected chi connectivity index (χ1v) is 10.1. The molecule has 1 fully saturated rings. The Morgan fingerprint density at radius 1 is 1.12 bits per heavy atom. The van der Waals surface area contributed by atoms with Gasteiger partial charge in [0.25, 0.3) is 17.5 Å². The van der Waals surface area contributed by atoms with Gasteiger partial charge < -0.3 is 10.1 Å². The quantitative estimate of drug-likeness (QED) is 0.254. The van der Waals surface area contributed by atoms with Crippen LogP contribution in [0.4, 0.5) is 11.4 Å². The summed E-state index contributed by atoms with van der Waals surface area (Å²) in [6.45, 7) is 0.644. The third-order valence-corrected chi connectivity index (χ3v) is 4.93. The van der Waals surface area contributed by atoms with E-state index in [0.717, 1.165) is 17.1 Å². The summed E-state index contributed by atoms with van der Waals surface area (Å²) in [4.78, 5) is 70.3. The second kappa shape index (κ2) is 10.3. The number of nitro groups is 1. The van der Waals surface area contributed by atoms with Gasteiger partial charge in [-0.1, -0.05) is 12.1 Å². The Balaban J connectivity index is 1.49. The molecule has 34 heavy (non-hydrogen) atoms. The minimum atomic E-state index is -0.890. The van der Waals surface area contributed by atoms with Gasteiger partial charge >= 0.3 is 5.97 Å². The number of rotatable bonds is 8. The van der Waals surface area contributed by atoms with Gasteiger partial charge in [-0.3, -0.25) is 44.5 Å². The van der Waals surface area contributed by atoms with Crippen molar-refractivity contribution in [3.8, 4) is 0 Å². The number of hydrogen-bond acceptors (Lipinski definition) is 8. The molecule has 1 saturated heterocycles. The molecule has 176 valence electrons. The molecule has 0 radical (unpaired) electrons. The number of carbonyl (C=O) groups is 5. The van der Waals surface area contributed by atoms with Gasteiger partial charge in [-0.15, -0.1) is 0 Å². The van der Waals surface area contributed by atoms with Crippen LogP contribution in [-0.2, 0) is 19.1 Å². The Hall–Kier alpha value is -4.61. The van der Waals surface area contributed by atoms with Gasteiger partial charge in [-0.2, -0.15) is 0 Å². The van der Waals surface area contributed by atoms with Crippen molar-refractivity contribution in [3.05, 3.63) is 69.8 Å². The highest BCUT2D eigenvalue weighted by Gasteiger charge is 2.36. The standard InChI is InChI=1S/C22H20N4O8/c1-13(27)15-3-2-4-17(9-15)23-19(28)12-34-22(31)16-10-20(29)25(11-16)24-21(30)14-5-7-18(8-6-14)26(32)33/h2-9,16H,10-12H2,1H3,(H,23,28)(H,24,30)/t16-/m0/s1. The molecule has 3 amide bonds. The van der Waals surface area contributed by atoms with Crippen molar-refractivity contribution in [2.24, 2.45) is 5.92 Å². The van der Waals surface area contributed by atoms with E-state index in [9.17, 15) is 34.1 Å². The van der Waals surface area contributed by atoms with E-state index in [1.165, 1.54) is 25.1 Å². The Labute approximate surface area is 193 Å². The maximum Gasteiger partial charge on any atom is 0.311 e. The normalized spacial score (nSPS) is 14.9. The van der Waals surface area contributed by atoms with Crippen molar-refractivity contribution in [1.29, 1.82) is 0 Å². The van der Waals surface area contributed by atoms with Crippen LogP contribution in [0.25, 0.3) is 0 Å². The molecule has 12 nitrogen and oxygen atoms in total. The molecule has 2 aromatic rings. The van der Waals surface area contributed by atoms with Crippen LogP contribution >= 0.6 is 0 Å². The minimum Gasteiger partial charge on any atom is -0.455 e. The summed E-state index contributed by atoms with van der Waals surface area (Å²) in [6.07, 6.45) is -0.221. The summed E-state index contributed by atoms with van der Waals surface area (Å²) in [5.41, 5.74) is 3.03. The third kappa shape index (κ3) is 6.00. The zero-order chi connectivity index (χ0) is 24.8. The molecular formula is C22H20N4O8. The van der Waals surface area contributed by atoms with Crippen LogP contribution in [0.2, 0.25) is 0 Å². The molecule has 0 saturated carbocycles. The number of hydrazine groups is 1. The number of nitrogens with one attached hydrogen (secondary N) is 2. The maximum atomic E-state index is 12.3. The number of Topliss-reactive ketones (excluding diaryl/α,β-unsaturated/α-hetero) is 1. The first kappa shape index (κ1) is 24.0. The molecule has 0 aromatic heterocycles. The van der Waals surface area contributed by atoms with Crippen LogP contribution in [0.1, 0.15) is 34.1 Å². The average Bonchev–Trinajstić information content (AvgIpc) is 3.17. The number of nitrogens with zero attached hydrogens (tertiary/aromatic N) is 2. The van der Waals surface area contributed by atoms with Crippen molar-refractivity contribution in [3.63, 3.8) is 0 Å². The fourth-order valence-electron chi connectivity index (χ4n) is 3.16. The average molecular weight is 468 g/mol. The van der Waals surface area contributed by atoms with Crippen molar-refractivity contribution >= 4 is 40.8 Å². The van der Waals surface area contributed by atoms with Crippen molar-refractivity contribution in [2.75, 3.05) is 18.5 Å². The Kier molecular flexibility index (Phi) is 7.31. The highest BCUT2D eigenvalue weighted by atomic mass is 16.6. The van der Waals surface area contributed by atoms with E-state index in [2.05, 4.69) is 10.7 Å².